The van der Waals surface area contributed by atoms with Crippen LogP contribution in [0.5, 0.6) is 5.75 Å². The lowest BCUT2D eigenvalue weighted by Gasteiger charge is -2.20. The average molecular weight is 457 g/mol. The number of ether oxygens (including phenoxy) is 1. The summed E-state index contributed by atoms with van der Waals surface area (Å²) in [4.78, 5) is 23.9. The van der Waals surface area contributed by atoms with Crippen LogP contribution in [0.2, 0.25) is 0 Å². The second kappa shape index (κ2) is 11.1. The number of nitrogens with one attached hydrogen (secondary N) is 2. The van der Waals surface area contributed by atoms with Crippen LogP contribution < -0.4 is 20.3 Å². The van der Waals surface area contributed by atoms with Gasteiger partial charge in [0.15, 0.2) is 6.61 Å². The summed E-state index contributed by atoms with van der Waals surface area (Å²) in [5.41, 5.74) is 2.29. The Hall–Kier alpha value is -4.12. The van der Waals surface area contributed by atoms with Gasteiger partial charge >= 0.3 is 0 Å². The highest BCUT2D eigenvalue weighted by molar-refractivity contribution is 5.78. The van der Waals surface area contributed by atoms with Crippen LogP contribution in [0.1, 0.15) is 31.0 Å². The highest BCUT2D eigenvalue weighted by Gasteiger charge is 2.25. The molecule has 8 heteroatoms. The van der Waals surface area contributed by atoms with E-state index in [1.165, 1.54) is 0 Å². The van der Waals surface area contributed by atoms with Crippen LogP contribution in [0.3, 0.4) is 0 Å². The molecule has 0 saturated carbocycles. The maximum Gasteiger partial charge on any atom is 0.258 e. The first-order valence-corrected chi connectivity index (χ1v) is 11.5. The number of nitriles is 1. The van der Waals surface area contributed by atoms with E-state index < -0.39 is 0 Å². The van der Waals surface area contributed by atoms with Gasteiger partial charge < -0.3 is 20.3 Å². The molecule has 1 amide bonds. The molecule has 4 rings (SSSR count). The fraction of sp³-hybridized carbons (Fsp3) is 0.308. The largest absolute Gasteiger partial charge is 0.484 e. The number of anilines is 3. The standard InChI is InChI=1S/C26H28N6O2/c1-2-7-20-15-24(31-26(29-20)30-21-9-6-8-19(14-21)16-27)32-13-12-22(17-32)28-25(33)18-34-23-10-4-3-5-11-23/h3-6,8-11,14-15,22H,2,7,12-13,17-18H2,1H3,(H,28,33)(H,29,30,31)/t22-/m0/s1. The third kappa shape index (κ3) is 6.23. The highest BCUT2D eigenvalue weighted by Crippen LogP contribution is 2.23. The number of nitrogens with zero attached hydrogens (tertiary/aromatic N) is 4. The lowest BCUT2D eigenvalue weighted by molar-refractivity contribution is -0.123. The SMILES string of the molecule is CCCc1cc(N2CC[C@H](NC(=O)COc3ccccc3)C2)nc(Nc2cccc(C#N)c2)n1. The fourth-order valence-corrected chi connectivity index (χ4v) is 3.90. The van der Waals surface area contributed by atoms with Gasteiger partial charge in [0.2, 0.25) is 5.95 Å². The second-order valence-electron chi connectivity index (χ2n) is 8.21. The number of aromatic nitrogens is 2. The maximum absolute atomic E-state index is 12.4. The van der Waals surface area contributed by atoms with Gasteiger partial charge in [0.1, 0.15) is 11.6 Å². The van der Waals surface area contributed by atoms with Crippen LogP contribution in [0.4, 0.5) is 17.5 Å². The second-order valence-corrected chi connectivity index (χ2v) is 8.21. The van der Waals surface area contributed by atoms with Crippen molar-refractivity contribution >= 4 is 23.4 Å². The molecule has 2 N–H and O–H groups in total. The third-order valence-electron chi connectivity index (χ3n) is 5.51. The van der Waals surface area contributed by atoms with E-state index in [2.05, 4.69) is 33.5 Å². The number of hydrogen-bond acceptors (Lipinski definition) is 7. The van der Waals surface area contributed by atoms with Gasteiger partial charge in [-0.1, -0.05) is 37.6 Å². The Bertz CT molecular complexity index is 1160. The number of amides is 1. The predicted molar refractivity (Wildman–Crippen MR) is 131 cm³/mol. The predicted octanol–water partition coefficient (Wildman–Crippen LogP) is 3.82. The van der Waals surface area contributed by atoms with E-state index in [-0.39, 0.29) is 18.6 Å². The van der Waals surface area contributed by atoms with E-state index in [0.717, 1.165) is 43.0 Å². The first-order valence-electron chi connectivity index (χ1n) is 11.5. The van der Waals surface area contributed by atoms with E-state index in [9.17, 15) is 4.79 Å². The third-order valence-corrected chi connectivity index (χ3v) is 5.51. The number of carbonyl (C=O) groups is 1. The fourth-order valence-electron chi connectivity index (χ4n) is 3.90. The molecule has 2 aromatic carbocycles. The van der Waals surface area contributed by atoms with Crippen molar-refractivity contribution in [3.63, 3.8) is 0 Å². The minimum atomic E-state index is -0.134. The van der Waals surface area contributed by atoms with Gasteiger partial charge in [-0.2, -0.15) is 10.2 Å². The summed E-state index contributed by atoms with van der Waals surface area (Å²) in [7, 11) is 0. The molecule has 0 spiro atoms. The van der Waals surface area contributed by atoms with E-state index >= 15 is 0 Å². The topological polar surface area (TPSA) is 103 Å². The lowest BCUT2D eigenvalue weighted by Crippen LogP contribution is -2.39. The molecular weight excluding hydrogens is 428 g/mol. The van der Waals surface area contributed by atoms with Gasteiger partial charge in [-0.3, -0.25) is 4.79 Å². The van der Waals surface area contributed by atoms with Crippen molar-refractivity contribution in [2.24, 2.45) is 0 Å². The van der Waals surface area contributed by atoms with Crippen LogP contribution in [-0.2, 0) is 11.2 Å². The lowest BCUT2D eigenvalue weighted by atomic mass is 10.2. The zero-order chi connectivity index (χ0) is 23.8. The van der Waals surface area contributed by atoms with Crippen molar-refractivity contribution in [1.82, 2.24) is 15.3 Å². The number of benzene rings is 2. The van der Waals surface area contributed by atoms with Gasteiger partial charge in [-0.25, -0.2) is 4.98 Å². The molecule has 1 fully saturated rings. The van der Waals surface area contributed by atoms with Crippen molar-refractivity contribution in [3.8, 4) is 11.8 Å². The zero-order valence-corrected chi connectivity index (χ0v) is 19.2. The monoisotopic (exact) mass is 456 g/mol. The Balaban J connectivity index is 1.39. The molecule has 0 radical (unpaired) electrons. The molecule has 1 aliphatic heterocycles. The Morgan fingerprint density at radius 2 is 2.03 bits per heavy atom. The molecule has 1 saturated heterocycles. The minimum absolute atomic E-state index is 0.00943. The smallest absolute Gasteiger partial charge is 0.258 e. The van der Waals surface area contributed by atoms with Crippen LogP contribution in [0.15, 0.2) is 60.7 Å². The van der Waals surface area contributed by atoms with Gasteiger partial charge in [0.05, 0.1) is 11.6 Å². The first-order chi connectivity index (χ1) is 16.6. The van der Waals surface area contributed by atoms with Gasteiger partial charge in [-0.05, 0) is 43.2 Å². The quantitative estimate of drug-likeness (QED) is 0.504. The van der Waals surface area contributed by atoms with E-state index in [1.807, 2.05) is 48.5 Å². The minimum Gasteiger partial charge on any atom is -0.484 e. The van der Waals surface area contributed by atoms with Crippen molar-refractivity contribution in [1.29, 1.82) is 5.26 Å². The molecule has 0 bridgehead atoms. The van der Waals surface area contributed by atoms with Crippen LogP contribution in [0.25, 0.3) is 0 Å². The van der Waals surface area contributed by atoms with Crippen molar-refractivity contribution in [3.05, 3.63) is 71.9 Å². The Labute approximate surface area is 199 Å². The summed E-state index contributed by atoms with van der Waals surface area (Å²) in [6, 6.07) is 20.7. The number of rotatable bonds is 9. The molecule has 1 atom stereocenters. The molecule has 34 heavy (non-hydrogen) atoms. The molecule has 174 valence electrons. The molecular formula is C26H28N6O2. The van der Waals surface area contributed by atoms with Gasteiger partial charge in [-0.15, -0.1) is 0 Å². The van der Waals surface area contributed by atoms with Crippen LogP contribution >= 0.6 is 0 Å². The van der Waals surface area contributed by atoms with E-state index in [1.54, 1.807) is 12.1 Å². The zero-order valence-electron chi connectivity index (χ0n) is 19.2. The number of para-hydroxylation sites is 1. The normalized spacial score (nSPS) is 14.9. The maximum atomic E-state index is 12.4. The molecule has 8 nitrogen and oxygen atoms in total. The molecule has 0 aliphatic carbocycles. The summed E-state index contributed by atoms with van der Waals surface area (Å²) in [6.45, 7) is 3.56. The molecule has 2 heterocycles. The van der Waals surface area contributed by atoms with Crippen molar-refractivity contribution in [2.75, 3.05) is 29.9 Å². The Morgan fingerprint density at radius 1 is 1.18 bits per heavy atom. The average Bonchev–Trinajstić information content (AvgIpc) is 3.32. The summed E-state index contributed by atoms with van der Waals surface area (Å²) >= 11 is 0. The number of carbonyl (C=O) groups excluding carboxylic acids is 1. The first kappa shape index (κ1) is 23.1. The summed E-state index contributed by atoms with van der Waals surface area (Å²) in [5.74, 6) is 1.87. The van der Waals surface area contributed by atoms with Crippen LogP contribution in [0, 0.1) is 11.3 Å². The summed E-state index contributed by atoms with van der Waals surface area (Å²) in [6.07, 6.45) is 2.64. The van der Waals surface area contributed by atoms with Crippen molar-refractivity contribution in [2.45, 2.75) is 32.2 Å². The Morgan fingerprint density at radius 3 is 2.82 bits per heavy atom. The van der Waals surface area contributed by atoms with Gasteiger partial charge in [0.25, 0.3) is 5.91 Å². The number of aryl methyl sites for hydroxylation is 1. The van der Waals surface area contributed by atoms with Crippen LogP contribution in [-0.4, -0.2) is 41.6 Å². The summed E-state index contributed by atoms with van der Waals surface area (Å²) < 4.78 is 5.55. The Kier molecular flexibility index (Phi) is 7.56. The molecule has 1 aliphatic rings. The molecule has 0 unspecified atom stereocenters. The van der Waals surface area contributed by atoms with Gasteiger partial charge in [0, 0.05) is 36.6 Å². The van der Waals surface area contributed by atoms with E-state index in [4.69, 9.17) is 15.0 Å². The molecule has 3 aromatic rings. The molecule has 1 aromatic heterocycles. The van der Waals surface area contributed by atoms with Crippen molar-refractivity contribution < 1.29 is 9.53 Å². The number of hydrogen-bond donors (Lipinski definition) is 2. The summed E-state index contributed by atoms with van der Waals surface area (Å²) in [5, 5.41) is 15.4. The van der Waals surface area contributed by atoms with E-state index in [0.29, 0.717) is 23.8 Å². The highest BCUT2D eigenvalue weighted by atomic mass is 16.5.